The first-order chi connectivity index (χ1) is 8.68. The molecule has 0 saturated carbocycles. The zero-order valence-electron chi connectivity index (χ0n) is 13.2. The van der Waals surface area contributed by atoms with Crippen LogP contribution in [0.2, 0.25) is 37.8 Å². The van der Waals surface area contributed by atoms with Crippen LogP contribution in [0.1, 0.15) is 33.1 Å². The minimum absolute atomic E-state index is 0.120. The molecule has 4 heteroatoms. The number of nitrogens with one attached hydrogen (secondary N) is 1. The van der Waals surface area contributed by atoms with E-state index >= 15 is 0 Å². The van der Waals surface area contributed by atoms with E-state index in [1.807, 2.05) is 0 Å². The van der Waals surface area contributed by atoms with E-state index in [1.165, 1.54) is 18.1 Å². The fourth-order valence-electron chi connectivity index (χ4n) is 3.24. The van der Waals surface area contributed by atoms with Crippen LogP contribution in [0.5, 0.6) is 0 Å². The van der Waals surface area contributed by atoms with Gasteiger partial charge in [0.05, 0.1) is 6.07 Å². The Balaban J connectivity index is 2.53. The molecule has 0 aromatic carbocycles. The molecule has 1 N–H and O–H groups in total. The van der Waals surface area contributed by atoms with Crippen LogP contribution in [0.25, 0.3) is 0 Å². The van der Waals surface area contributed by atoms with Gasteiger partial charge < -0.3 is 4.65 Å². The van der Waals surface area contributed by atoms with E-state index in [4.69, 9.17) is 5.26 Å². The predicted octanol–water partition coefficient (Wildman–Crippen LogP) is 4.09. The van der Waals surface area contributed by atoms with E-state index in [2.05, 4.69) is 56.0 Å². The van der Waals surface area contributed by atoms with E-state index < -0.39 is 16.5 Å². The highest BCUT2D eigenvalue weighted by Crippen LogP contribution is 2.36. The highest BCUT2D eigenvalue weighted by molar-refractivity contribution is 6.96. The summed E-state index contributed by atoms with van der Waals surface area (Å²) in [7, 11) is -2.37. The normalized spacial score (nSPS) is 25.5. The van der Waals surface area contributed by atoms with Gasteiger partial charge in [-0.15, -0.1) is 5.92 Å². The molecule has 0 bridgehead atoms. The van der Waals surface area contributed by atoms with E-state index in [-0.39, 0.29) is 5.41 Å². The van der Waals surface area contributed by atoms with Crippen molar-refractivity contribution in [1.29, 1.82) is 5.26 Å². The highest BCUT2D eigenvalue weighted by atomic mass is 28.4. The van der Waals surface area contributed by atoms with E-state index in [0.717, 1.165) is 12.8 Å². The second-order valence-electron chi connectivity index (χ2n) is 7.44. The third-order valence-electron chi connectivity index (χ3n) is 3.79. The van der Waals surface area contributed by atoms with Gasteiger partial charge in [0.15, 0.2) is 0 Å². The first kappa shape index (κ1) is 16.5. The SMILES string of the molecule is CC(C)(C#CCCCC#N)C[Si]1(C)CC[Si](C)(C)N1. The van der Waals surface area contributed by atoms with Crippen LogP contribution >= 0.6 is 0 Å². The number of hydrogen-bond donors (Lipinski definition) is 1. The Morgan fingerprint density at radius 3 is 2.37 bits per heavy atom. The molecule has 1 heterocycles. The van der Waals surface area contributed by atoms with Crippen molar-refractivity contribution >= 4 is 16.5 Å². The summed E-state index contributed by atoms with van der Waals surface area (Å²) in [6.07, 6.45) is 2.40. The molecule has 1 aliphatic heterocycles. The summed E-state index contributed by atoms with van der Waals surface area (Å²) in [6, 6.07) is 6.28. The van der Waals surface area contributed by atoms with Gasteiger partial charge >= 0.3 is 0 Å². The third kappa shape index (κ3) is 5.95. The zero-order chi connectivity index (χ0) is 14.6. The van der Waals surface area contributed by atoms with Crippen molar-refractivity contribution in [3.8, 4) is 17.9 Å². The largest absolute Gasteiger partial charge is 0.359 e. The van der Waals surface area contributed by atoms with Gasteiger partial charge in [0, 0.05) is 18.3 Å². The first-order valence-electron chi connectivity index (χ1n) is 7.34. The zero-order valence-corrected chi connectivity index (χ0v) is 15.2. The number of hydrogen-bond acceptors (Lipinski definition) is 2. The summed E-state index contributed by atoms with van der Waals surface area (Å²) >= 11 is 0. The topological polar surface area (TPSA) is 35.8 Å². The molecule has 1 rings (SSSR count). The van der Waals surface area contributed by atoms with Gasteiger partial charge in [0.25, 0.3) is 0 Å². The molecule has 0 aliphatic carbocycles. The summed E-state index contributed by atoms with van der Waals surface area (Å²) in [6.45, 7) is 11.9. The van der Waals surface area contributed by atoms with Crippen LogP contribution in [0.3, 0.4) is 0 Å². The Labute approximate surface area is 121 Å². The number of nitrogens with zero attached hydrogens (tertiary/aromatic N) is 1. The summed E-state index contributed by atoms with van der Waals surface area (Å²) in [5.41, 5.74) is 0.120. The maximum atomic E-state index is 8.50. The number of nitriles is 1. The van der Waals surface area contributed by atoms with Crippen LogP contribution in [-0.2, 0) is 0 Å². The molecule has 0 amide bonds. The summed E-state index contributed by atoms with van der Waals surface area (Å²) in [5.74, 6) is 6.73. The average molecular weight is 293 g/mol. The van der Waals surface area contributed by atoms with Crippen molar-refractivity contribution in [1.82, 2.24) is 4.65 Å². The molecule has 1 unspecified atom stereocenters. The molecule has 1 atom stereocenters. The molecule has 19 heavy (non-hydrogen) atoms. The Bertz CT molecular complexity index is 412. The minimum atomic E-state index is -1.28. The van der Waals surface area contributed by atoms with Crippen molar-refractivity contribution in [2.45, 2.75) is 70.9 Å². The van der Waals surface area contributed by atoms with Gasteiger partial charge in [0.2, 0.25) is 0 Å². The molecule has 1 saturated heterocycles. The van der Waals surface area contributed by atoms with Crippen LogP contribution in [0.15, 0.2) is 0 Å². The molecule has 0 spiro atoms. The fraction of sp³-hybridized carbons (Fsp3) is 0.800. The lowest BCUT2D eigenvalue weighted by atomic mass is 9.97. The van der Waals surface area contributed by atoms with E-state index in [0.29, 0.717) is 6.42 Å². The summed E-state index contributed by atoms with van der Waals surface area (Å²) < 4.78 is 4.04. The Hall–Kier alpha value is -0.556. The molecule has 1 aliphatic rings. The molecular formula is C15H28N2Si2. The van der Waals surface area contributed by atoms with Crippen LogP contribution < -0.4 is 4.65 Å². The second kappa shape index (κ2) is 6.26. The molecular weight excluding hydrogens is 264 g/mol. The Morgan fingerprint density at radius 2 is 1.84 bits per heavy atom. The lowest BCUT2D eigenvalue weighted by Gasteiger charge is -2.32. The monoisotopic (exact) mass is 292 g/mol. The van der Waals surface area contributed by atoms with Crippen molar-refractivity contribution in [3.63, 3.8) is 0 Å². The molecule has 2 nitrogen and oxygen atoms in total. The molecule has 0 radical (unpaired) electrons. The van der Waals surface area contributed by atoms with Gasteiger partial charge in [0.1, 0.15) is 16.5 Å². The van der Waals surface area contributed by atoms with Crippen LogP contribution in [-0.4, -0.2) is 16.5 Å². The lowest BCUT2D eigenvalue weighted by molar-refractivity contribution is 0.556. The van der Waals surface area contributed by atoms with Crippen LogP contribution in [0.4, 0.5) is 0 Å². The van der Waals surface area contributed by atoms with Gasteiger partial charge in [-0.1, -0.05) is 25.6 Å². The van der Waals surface area contributed by atoms with Gasteiger partial charge in [-0.05, 0) is 38.4 Å². The summed E-state index contributed by atoms with van der Waals surface area (Å²) in [5, 5.41) is 8.50. The van der Waals surface area contributed by atoms with Crippen molar-refractivity contribution in [2.75, 3.05) is 0 Å². The standard InChI is InChI=1S/C15H28N2Si2/c1-15(2,10-8-6-7-9-11-16)14-19(5)13-12-18(3,4)17-19/h17H,6-7,9,12-14H2,1-5H3. The molecule has 0 aromatic heterocycles. The van der Waals surface area contributed by atoms with Gasteiger partial charge in [-0.2, -0.15) is 5.26 Å². The Morgan fingerprint density at radius 1 is 1.16 bits per heavy atom. The molecule has 1 fully saturated rings. The van der Waals surface area contributed by atoms with Crippen LogP contribution in [0, 0.1) is 28.6 Å². The second-order valence-corrected chi connectivity index (χ2v) is 16.7. The summed E-state index contributed by atoms with van der Waals surface area (Å²) in [4.78, 5) is 0. The van der Waals surface area contributed by atoms with Crippen molar-refractivity contribution in [3.05, 3.63) is 0 Å². The predicted molar refractivity (Wildman–Crippen MR) is 87.7 cm³/mol. The smallest absolute Gasteiger partial charge is 0.117 e. The van der Waals surface area contributed by atoms with E-state index in [1.54, 1.807) is 0 Å². The highest BCUT2D eigenvalue weighted by Gasteiger charge is 2.44. The maximum absolute atomic E-state index is 8.50. The average Bonchev–Trinajstić information content (AvgIpc) is 2.51. The van der Waals surface area contributed by atoms with Gasteiger partial charge in [-0.3, -0.25) is 0 Å². The number of unbranched alkanes of at least 4 members (excludes halogenated alkanes) is 2. The maximum Gasteiger partial charge on any atom is 0.117 e. The molecule has 0 aromatic rings. The first-order valence-corrected chi connectivity index (χ1v) is 13.5. The van der Waals surface area contributed by atoms with Gasteiger partial charge in [-0.25, -0.2) is 0 Å². The third-order valence-corrected chi connectivity index (χ3v) is 13.9. The Kier molecular flexibility index (Phi) is 5.44. The fourth-order valence-corrected chi connectivity index (χ4v) is 18.1. The van der Waals surface area contributed by atoms with E-state index in [9.17, 15) is 0 Å². The van der Waals surface area contributed by atoms with Crippen molar-refractivity contribution in [2.24, 2.45) is 5.41 Å². The minimum Gasteiger partial charge on any atom is -0.359 e. The quantitative estimate of drug-likeness (QED) is 0.481. The van der Waals surface area contributed by atoms with Crippen molar-refractivity contribution < 1.29 is 0 Å². The lowest BCUT2D eigenvalue weighted by Crippen LogP contribution is -2.54. The number of rotatable bonds is 4. The molecule has 106 valence electrons.